The van der Waals surface area contributed by atoms with Gasteiger partial charge in [-0.15, -0.1) is 0 Å². The monoisotopic (exact) mass is 492 g/mol. The fraction of sp³-hybridized carbons (Fsp3) is 0.185. The van der Waals surface area contributed by atoms with Crippen molar-refractivity contribution in [2.45, 2.75) is 6.92 Å². The van der Waals surface area contributed by atoms with Gasteiger partial charge in [0.2, 0.25) is 6.79 Å². The number of methoxy groups -OCH3 is 2. The van der Waals surface area contributed by atoms with Crippen molar-refractivity contribution in [2.24, 2.45) is 0 Å². The second-order valence-corrected chi connectivity index (χ2v) is 7.40. The number of fused-ring (bicyclic) bond motifs is 1. The van der Waals surface area contributed by atoms with E-state index in [9.17, 15) is 9.59 Å². The molecule has 9 nitrogen and oxygen atoms in total. The highest BCUT2D eigenvalue weighted by molar-refractivity contribution is 6.16. The molecule has 0 amide bonds. The van der Waals surface area contributed by atoms with Crippen molar-refractivity contribution in [3.63, 3.8) is 0 Å². The SMILES string of the molecule is C=C(C(=O)OC)c1cc(OC)ccc1Oc1cccc(Oc2ccc3c(c2)OCO3)c1C(=O)OCC. The molecule has 0 aromatic heterocycles. The first-order chi connectivity index (χ1) is 17.4. The second-order valence-electron chi connectivity index (χ2n) is 7.40. The quantitative estimate of drug-likeness (QED) is 0.288. The average Bonchev–Trinajstić information content (AvgIpc) is 3.36. The summed E-state index contributed by atoms with van der Waals surface area (Å²) in [7, 11) is 2.75. The van der Waals surface area contributed by atoms with Crippen LogP contribution in [0.15, 0.2) is 61.2 Å². The zero-order chi connectivity index (χ0) is 25.7. The van der Waals surface area contributed by atoms with Crippen LogP contribution in [0.2, 0.25) is 0 Å². The molecule has 186 valence electrons. The Bertz CT molecular complexity index is 1310. The van der Waals surface area contributed by atoms with Gasteiger partial charge in [-0.2, -0.15) is 0 Å². The number of hydrogen-bond acceptors (Lipinski definition) is 9. The van der Waals surface area contributed by atoms with E-state index in [1.165, 1.54) is 14.2 Å². The Balaban J connectivity index is 1.75. The molecular formula is C27H24O9. The smallest absolute Gasteiger partial charge is 0.345 e. The van der Waals surface area contributed by atoms with E-state index in [1.807, 2.05) is 0 Å². The third kappa shape index (κ3) is 5.05. The first kappa shape index (κ1) is 24.5. The standard InChI is InChI=1S/C27H24O9/c1-5-32-27(29)25-22(35-18-10-12-21-24(14-18)34-15-33-21)7-6-8-23(25)36-20-11-9-17(30-3)13-19(20)16(2)26(28)31-4/h6-14H,2,5,15H2,1,3-4H3. The third-order valence-corrected chi connectivity index (χ3v) is 5.20. The third-order valence-electron chi connectivity index (χ3n) is 5.20. The van der Waals surface area contributed by atoms with Crippen LogP contribution < -0.4 is 23.7 Å². The zero-order valence-electron chi connectivity index (χ0n) is 20.0. The molecule has 0 unspecified atom stereocenters. The normalized spacial score (nSPS) is 11.4. The number of esters is 2. The number of benzene rings is 3. The van der Waals surface area contributed by atoms with Crippen LogP contribution in [-0.4, -0.2) is 39.6 Å². The maximum absolute atomic E-state index is 13.0. The molecule has 1 heterocycles. The van der Waals surface area contributed by atoms with Gasteiger partial charge >= 0.3 is 11.9 Å². The number of rotatable bonds is 9. The first-order valence-corrected chi connectivity index (χ1v) is 11.0. The Labute approximate surface area is 207 Å². The predicted octanol–water partition coefficient (Wildman–Crippen LogP) is 5.37. The summed E-state index contributed by atoms with van der Waals surface area (Å²) in [5.41, 5.74) is 0.442. The number of carbonyl (C=O) groups excluding carboxylic acids is 2. The number of ether oxygens (including phenoxy) is 7. The molecule has 0 fully saturated rings. The van der Waals surface area contributed by atoms with Crippen molar-refractivity contribution < 1.29 is 42.7 Å². The molecule has 1 aliphatic rings. The van der Waals surface area contributed by atoms with Crippen molar-refractivity contribution in [3.05, 3.63) is 72.3 Å². The van der Waals surface area contributed by atoms with E-state index < -0.39 is 11.9 Å². The lowest BCUT2D eigenvalue weighted by atomic mass is 10.1. The van der Waals surface area contributed by atoms with Gasteiger partial charge in [-0.3, -0.25) is 0 Å². The van der Waals surface area contributed by atoms with E-state index in [4.69, 9.17) is 33.2 Å². The second kappa shape index (κ2) is 10.7. The van der Waals surface area contributed by atoms with Crippen LogP contribution in [0.4, 0.5) is 0 Å². The van der Waals surface area contributed by atoms with E-state index in [0.717, 1.165) is 0 Å². The maximum Gasteiger partial charge on any atom is 0.345 e. The molecule has 1 aliphatic heterocycles. The lowest BCUT2D eigenvalue weighted by Gasteiger charge is -2.17. The predicted molar refractivity (Wildman–Crippen MR) is 129 cm³/mol. The van der Waals surface area contributed by atoms with E-state index >= 15 is 0 Å². The summed E-state index contributed by atoms with van der Waals surface area (Å²) >= 11 is 0. The van der Waals surface area contributed by atoms with Crippen LogP contribution >= 0.6 is 0 Å². The Morgan fingerprint density at radius 1 is 0.889 bits per heavy atom. The summed E-state index contributed by atoms with van der Waals surface area (Å²) in [5, 5.41) is 0. The molecule has 0 spiro atoms. The van der Waals surface area contributed by atoms with Crippen LogP contribution in [0.25, 0.3) is 5.57 Å². The zero-order valence-corrected chi connectivity index (χ0v) is 20.0. The van der Waals surface area contributed by atoms with Crippen LogP contribution in [0.3, 0.4) is 0 Å². The van der Waals surface area contributed by atoms with Crippen molar-refractivity contribution in [1.82, 2.24) is 0 Å². The van der Waals surface area contributed by atoms with Gasteiger partial charge in [-0.1, -0.05) is 12.6 Å². The Morgan fingerprint density at radius 2 is 1.61 bits per heavy atom. The van der Waals surface area contributed by atoms with Crippen LogP contribution in [0.1, 0.15) is 22.8 Å². The average molecular weight is 492 g/mol. The Hall–Kier alpha value is -4.66. The summed E-state index contributed by atoms with van der Waals surface area (Å²) in [4.78, 5) is 25.2. The van der Waals surface area contributed by atoms with Crippen molar-refractivity contribution >= 4 is 17.5 Å². The largest absolute Gasteiger partial charge is 0.497 e. The fourth-order valence-corrected chi connectivity index (χ4v) is 3.47. The molecule has 9 heteroatoms. The number of carbonyl (C=O) groups is 2. The molecule has 0 saturated carbocycles. The Kier molecular flexibility index (Phi) is 7.29. The Morgan fingerprint density at radius 3 is 2.33 bits per heavy atom. The molecule has 0 atom stereocenters. The minimum Gasteiger partial charge on any atom is -0.497 e. The van der Waals surface area contributed by atoms with Crippen molar-refractivity contribution in [1.29, 1.82) is 0 Å². The molecular weight excluding hydrogens is 468 g/mol. The van der Waals surface area contributed by atoms with Gasteiger partial charge in [0, 0.05) is 11.6 Å². The van der Waals surface area contributed by atoms with Gasteiger partial charge in [0.05, 0.1) is 26.4 Å². The van der Waals surface area contributed by atoms with Crippen LogP contribution in [-0.2, 0) is 14.3 Å². The molecule has 4 rings (SSSR count). The molecule has 36 heavy (non-hydrogen) atoms. The van der Waals surface area contributed by atoms with Gasteiger partial charge < -0.3 is 33.2 Å². The topological polar surface area (TPSA) is 98.8 Å². The maximum atomic E-state index is 13.0. The van der Waals surface area contributed by atoms with E-state index in [-0.39, 0.29) is 41.8 Å². The molecule has 0 radical (unpaired) electrons. The van der Waals surface area contributed by atoms with Crippen LogP contribution in [0, 0.1) is 0 Å². The van der Waals surface area contributed by atoms with E-state index in [2.05, 4.69) is 6.58 Å². The molecule has 0 N–H and O–H groups in total. The molecule has 3 aromatic rings. The minimum absolute atomic E-state index is 0.0526. The highest BCUT2D eigenvalue weighted by Crippen LogP contribution is 2.41. The van der Waals surface area contributed by atoms with E-state index in [1.54, 1.807) is 61.5 Å². The first-order valence-electron chi connectivity index (χ1n) is 11.0. The van der Waals surface area contributed by atoms with Crippen molar-refractivity contribution in [3.8, 4) is 40.2 Å². The molecule has 0 saturated heterocycles. The lowest BCUT2D eigenvalue weighted by molar-refractivity contribution is -0.133. The van der Waals surface area contributed by atoms with E-state index in [0.29, 0.717) is 28.6 Å². The summed E-state index contributed by atoms with van der Waals surface area (Å²) in [6.45, 7) is 5.77. The molecule has 0 aliphatic carbocycles. The summed E-state index contributed by atoms with van der Waals surface area (Å²) in [6, 6.07) is 14.8. The van der Waals surface area contributed by atoms with Gasteiger partial charge in [0.25, 0.3) is 0 Å². The van der Waals surface area contributed by atoms with Crippen LogP contribution in [0.5, 0.6) is 40.2 Å². The fourth-order valence-electron chi connectivity index (χ4n) is 3.47. The lowest BCUT2D eigenvalue weighted by Crippen LogP contribution is -2.09. The highest BCUT2D eigenvalue weighted by atomic mass is 16.7. The van der Waals surface area contributed by atoms with Gasteiger partial charge in [0.15, 0.2) is 11.5 Å². The van der Waals surface area contributed by atoms with Gasteiger partial charge in [-0.05, 0) is 49.4 Å². The summed E-state index contributed by atoms with van der Waals surface area (Å²) in [6.07, 6.45) is 0. The molecule has 3 aromatic carbocycles. The van der Waals surface area contributed by atoms with Gasteiger partial charge in [-0.25, -0.2) is 9.59 Å². The van der Waals surface area contributed by atoms with Gasteiger partial charge in [0.1, 0.15) is 34.3 Å². The summed E-state index contributed by atoms with van der Waals surface area (Å²) < 4.78 is 38.2. The number of hydrogen-bond donors (Lipinski definition) is 0. The minimum atomic E-state index is -0.648. The highest BCUT2D eigenvalue weighted by Gasteiger charge is 2.24. The van der Waals surface area contributed by atoms with Crippen molar-refractivity contribution in [2.75, 3.05) is 27.6 Å². The summed E-state index contributed by atoms with van der Waals surface area (Å²) in [5.74, 6) is 1.34. The molecule has 0 bridgehead atoms.